The van der Waals surface area contributed by atoms with Crippen LogP contribution in [-0.4, -0.2) is 71.4 Å². The number of hydrogen-bond donors (Lipinski definition) is 9. The lowest BCUT2D eigenvalue weighted by molar-refractivity contribution is -0.142. The summed E-state index contributed by atoms with van der Waals surface area (Å²) in [6.45, 7) is 5.28. The molecule has 4 amide bonds. The molecule has 0 saturated carbocycles. The average Bonchev–Trinajstić information content (AvgIpc) is 2.67. The Morgan fingerprint density at radius 3 is 1.97 bits per heavy atom. The number of aliphatic carboxylic acids is 1. The fourth-order valence-electron chi connectivity index (χ4n) is 2.75. The van der Waals surface area contributed by atoms with E-state index >= 15 is 0 Å². The molecule has 4 atom stereocenters. The second-order valence-corrected chi connectivity index (χ2v) is 8.08. The lowest BCUT2D eigenvalue weighted by Crippen LogP contribution is -2.56. The number of rotatable bonds is 15. The SMILES string of the molecule is CC(C)C[C@H](NC(=O)[C@@H](N)CC(N)=O)C(=O)N[C@@H](C)C(=O)N[C@@H](CCCNC(=N)N)C(=O)O. The first-order valence-corrected chi connectivity index (χ1v) is 10.5. The molecule has 12 N–H and O–H groups in total. The Morgan fingerprint density at radius 2 is 1.48 bits per heavy atom. The van der Waals surface area contributed by atoms with Crippen LogP contribution in [0.1, 0.15) is 46.5 Å². The van der Waals surface area contributed by atoms with E-state index in [1.165, 1.54) is 6.92 Å². The van der Waals surface area contributed by atoms with Crippen molar-refractivity contribution >= 4 is 35.6 Å². The van der Waals surface area contributed by atoms with Gasteiger partial charge in [-0.2, -0.15) is 0 Å². The van der Waals surface area contributed by atoms with Gasteiger partial charge in [0.25, 0.3) is 0 Å². The van der Waals surface area contributed by atoms with Crippen molar-refractivity contribution in [2.75, 3.05) is 6.54 Å². The van der Waals surface area contributed by atoms with Crippen LogP contribution >= 0.6 is 0 Å². The minimum Gasteiger partial charge on any atom is -0.480 e. The molecule has 0 bridgehead atoms. The minimum atomic E-state index is -1.25. The third-order valence-corrected chi connectivity index (χ3v) is 4.45. The molecule has 0 heterocycles. The van der Waals surface area contributed by atoms with Crippen molar-refractivity contribution < 1.29 is 29.1 Å². The van der Waals surface area contributed by atoms with Crippen LogP contribution in [0, 0.1) is 11.3 Å². The van der Waals surface area contributed by atoms with E-state index in [-0.39, 0.29) is 37.7 Å². The highest BCUT2D eigenvalue weighted by molar-refractivity contribution is 5.94. The van der Waals surface area contributed by atoms with Crippen LogP contribution in [-0.2, 0) is 24.0 Å². The molecule has 0 aromatic carbocycles. The van der Waals surface area contributed by atoms with Gasteiger partial charge in [0.1, 0.15) is 18.1 Å². The molecule has 0 spiro atoms. The molecule has 14 nitrogen and oxygen atoms in total. The quantitative estimate of drug-likeness (QED) is 0.0669. The van der Waals surface area contributed by atoms with Gasteiger partial charge in [0.15, 0.2) is 5.96 Å². The Bertz CT molecular complexity index is 729. The minimum absolute atomic E-state index is 0.00227. The summed E-state index contributed by atoms with van der Waals surface area (Å²) in [7, 11) is 0. The number of amides is 4. The molecule has 0 radical (unpaired) electrons. The van der Waals surface area contributed by atoms with Crippen molar-refractivity contribution in [3.05, 3.63) is 0 Å². The third kappa shape index (κ3) is 12.9. The van der Waals surface area contributed by atoms with Crippen LogP contribution in [0.5, 0.6) is 0 Å². The maximum absolute atomic E-state index is 12.7. The number of carboxylic acids is 1. The molecule has 14 heteroatoms. The average molecular weight is 473 g/mol. The molecule has 0 aliphatic heterocycles. The maximum atomic E-state index is 12.7. The zero-order valence-electron chi connectivity index (χ0n) is 19.1. The second-order valence-electron chi connectivity index (χ2n) is 8.08. The largest absolute Gasteiger partial charge is 0.480 e. The van der Waals surface area contributed by atoms with E-state index < -0.39 is 53.8 Å². The normalized spacial score (nSPS) is 14.3. The number of carbonyl (C=O) groups excluding carboxylic acids is 4. The van der Waals surface area contributed by atoms with Gasteiger partial charge in [0.2, 0.25) is 23.6 Å². The van der Waals surface area contributed by atoms with Crippen molar-refractivity contribution in [2.24, 2.45) is 23.1 Å². The summed E-state index contributed by atoms with van der Waals surface area (Å²) in [4.78, 5) is 59.7. The van der Waals surface area contributed by atoms with E-state index in [0.717, 1.165) is 0 Å². The first-order valence-electron chi connectivity index (χ1n) is 10.5. The second kappa shape index (κ2) is 14.6. The smallest absolute Gasteiger partial charge is 0.326 e. The van der Waals surface area contributed by atoms with E-state index in [1.807, 2.05) is 13.8 Å². The van der Waals surface area contributed by atoms with Gasteiger partial charge in [-0.3, -0.25) is 24.6 Å². The highest BCUT2D eigenvalue weighted by Crippen LogP contribution is 2.06. The number of nitrogens with one attached hydrogen (secondary N) is 5. The Labute approximate surface area is 192 Å². The van der Waals surface area contributed by atoms with Gasteiger partial charge in [-0.1, -0.05) is 13.8 Å². The molecular weight excluding hydrogens is 436 g/mol. The van der Waals surface area contributed by atoms with Gasteiger partial charge >= 0.3 is 5.97 Å². The molecular formula is C19H36N8O6. The van der Waals surface area contributed by atoms with Crippen LogP contribution in [0.3, 0.4) is 0 Å². The summed E-state index contributed by atoms with van der Waals surface area (Å²) in [5.74, 6) is -4.40. The van der Waals surface area contributed by atoms with E-state index in [4.69, 9.17) is 22.6 Å². The fourth-order valence-corrected chi connectivity index (χ4v) is 2.75. The lowest BCUT2D eigenvalue weighted by atomic mass is 10.0. The Hall–Kier alpha value is -3.42. The Morgan fingerprint density at radius 1 is 0.909 bits per heavy atom. The van der Waals surface area contributed by atoms with Crippen LogP contribution in [0.25, 0.3) is 0 Å². The van der Waals surface area contributed by atoms with Gasteiger partial charge in [0, 0.05) is 6.54 Å². The van der Waals surface area contributed by atoms with Crippen LogP contribution < -0.4 is 38.5 Å². The molecule has 0 aromatic heterocycles. The van der Waals surface area contributed by atoms with Gasteiger partial charge in [0.05, 0.1) is 12.5 Å². The summed E-state index contributed by atoms with van der Waals surface area (Å²) >= 11 is 0. The number of guanidine groups is 1. The standard InChI is InChI=1S/C19H36N8O6/c1-9(2)7-13(27-16(30)11(20)8-14(21)28)17(31)25-10(3)15(29)26-12(18(32)33)5-4-6-24-19(22)23/h9-13H,4-8,20H2,1-3H3,(H2,21,28)(H,25,31)(H,26,29)(H,27,30)(H,32,33)(H4,22,23,24)/t10-,11-,12-,13-/m0/s1. The molecule has 0 fully saturated rings. The Balaban J connectivity index is 4.99. The monoisotopic (exact) mass is 472 g/mol. The summed E-state index contributed by atoms with van der Waals surface area (Å²) in [5, 5.41) is 26.2. The number of nitrogens with two attached hydrogens (primary N) is 3. The number of carbonyl (C=O) groups is 5. The fraction of sp³-hybridized carbons (Fsp3) is 0.684. The van der Waals surface area contributed by atoms with E-state index in [1.54, 1.807) is 0 Å². The van der Waals surface area contributed by atoms with Crippen molar-refractivity contribution in [3.8, 4) is 0 Å². The number of primary amides is 1. The lowest BCUT2D eigenvalue weighted by Gasteiger charge is -2.24. The van der Waals surface area contributed by atoms with Crippen molar-refractivity contribution in [1.82, 2.24) is 21.3 Å². The van der Waals surface area contributed by atoms with E-state index in [2.05, 4.69) is 21.3 Å². The maximum Gasteiger partial charge on any atom is 0.326 e. The highest BCUT2D eigenvalue weighted by atomic mass is 16.4. The van der Waals surface area contributed by atoms with Crippen molar-refractivity contribution in [3.63, 3.8) is 0 Å². The van der Waals surface area contributed by atoms with Gasteiger partial charge in [-0.05, 0) is 32.1 Å². The molecule has 0 rings (SSSR count). The number of carboxylic acid groups (broad SMARTS) is 1. The Kier molecular flexibility index (Phi) is 13.1. The summed E-state index contributed by atoms with van der Waals surface area (Å²) < 4.78 is 0. The summed E-state index contributed by atoms with van der Waals surface area (Å²) in [6.07, 6.45) is 0.243. The number of hydrogen-bond acceptors (Lipinski definition) is 7. The predicted molar refractivity (Wildman–Crippen MR) is 119 cm³/mol. The first-order chi connectivity index (χ1) is 15.2. The highest BCUT2D eigenvalue weighted by Gasteiger charge is 2.29. The van der Waals surface area contributed by atoms with Crippen LogP contribution in [0.4, 0.5) is 0 Å². The molecule has 0 aliphatic rings. The van der Waals surface area contributed by atoms with Gasteiger partial charge < -0.3 is 43.6 Å². The van der Waals surface area contributed by atoms with Gasteiger partial charge in [-0.15, -0.1) is 0 Å². The third-order valence-electron chi connectivity index (χ3n) is 4.45. The zero-order chi connectivity index (χ0) is 25.7. The molecule has 0 aliphatic carbocycles. The van der Waals surface area contributed by atoms with Gasteiger partial charge in [-0.25, -0.2) is 4.79 Å². The topological polar surface area (TPSA) is 256 Å². The van der Waals surface area contributed by atoms with Crippen LogP contribution in [0.2, 0.25) is 0 Å². The zero-order valence-corrected chi connectivity index (χ0v) is 19.1. The predicted octanol–water partition coefficient (Wildman–Crippen LogP) is -2.94. The first kappa shape index (κ1) is 29.6. The molecule has 33 heavy (non-hydrogen) atoms. The summed E-state index contributed by atoms with van der Waals surface area (Å²) in [6, 6.07) is -4.55. The van der Waals surface area contributed by atoms with Crippen molar-refractivity contribution in [2.45, 2.75) is 70.6 Å². The molecule has 0 unspecified atom stereocenters. The molecule has 188 valence electrons. The molecule has 0 aromatic rings. The van der Waals surface area contributed by atoms with E-state index in [9.17, 15) is 29.1 Å². The van der Waals surface area contributed by atoms with Crippen LogP contribution in [0.15, 0.2) is 0 Å². The van der Waals surface area contributed by atoms with E-state index in [0.29, 0.717) is 6.42 Å². The molecule has 0 saturated heterocycles. The summed E-state index contributed by atoms with van der Waals surface area (Å²) in [5.41, 5.74) is 15.8. The van der Waals surface area contributed by atoms with Crippen molar-refractivity contribution in [1.29, 1.82) is 5.41 Å².